The number of allylic oxidation sites excluding steroid dienone is 1. The number of pyridine rings is 1. The second-order valence-electron chi connectivity index (χ2n) is 6.88. The molecule has 1 atom stereocenters. The van der Waals surface area contributed by atoms with E-state index in [9.17, 15) is 9.59 Å². The average molecular weight is 391 g/mol. The van der Waals surface area contributed by atoms with Gasteiger partial charge in [-0.15, -0.1) is 6.58 Å². The third-order valence-electron chi connectivity index (χ3n) is 4.77. The van der Waals surface area contributed by atoms with Crippen LogP contribution in [0.25, 0.3) is 22.0 Å². The summed E-state index contributed by atoms with van der Waals surface area (Å²) < 4.78 is 8.75. The van der Waals surface area contributed by atoms with Crippen LogP contribution in [0.3, 0.4) is 0 Å². The highest BCUT2D eigenvalue weighted by Gasteiger charge is 2.20. The summed E-state index contributed by atoms with van der Waals surface area (Å²) >= 11 is 0. The lowest BCUT2D eigenvalue weighted by Gasteiger charge is -2.13. The Hall–Kier alpha value is -3.68. The molecule has 0 aliphatic carbocycles. The zero-order chi connectivity index (χ0) is 20.5. The number of aryl methyl sites for hydroxylation is 1. The second-order valence-corrected chi connectivity index (χ2v) is 6.88. The fourth-order valence-electron chi connectivity index (χ4n) is 3.48. The van der Waals surface area contributed by atoms with Gasteiger partial charge in [0.25, 0.3) is 5.56 Å². The number of hydrogen-bond acceptors (Lipinski definition) is 5. The number of rotatable bonds is 6. The molecule has 4 rings (SSSR count). The summed E-state index contributed by atoms with van der Waals surface area (Å²) in [6, 6.07) is 7.10. The van der Waals surface area contributed by atoms with Crippen molar-refractivity contribution in [2.45, 2.75) is 33.0 Å². The molecular weight excluding hydrogens is 370 g/mol. The van der Waals surface area contributed by atoms with Crippen LogP contribution >= 0.6 is 0 Å². The molecule has 8 nitrogen and oxygen atoms in total. The first-order valence-electron chi connectivity index (χ1n) is 9.29. The minimum absolute atomic E-state index is 0.189. The molecule has 0 spiro atoms. The van der Waals surface area contributed by atoms with Gasteiger partial charge in [0, 0.05) is 18.8 Å². The van der Waals surface area contributed by atoms with E-state index in [2.05, 4.69) is 22.0 Å². The molecule has 0 aromatic carbocycles. The largest absolute Gasteiger partial charge is 0.459 e. The zero-order valence-corrected chi connectivity index (χ0v) is 16.3. The number of hydrogen-bond donors (Lipinski definition) is 1. The number of fused-ring (bicyclic) bond motifs is 3. The predicted octanol–water partition coefficient (Wildman–Crippen LogP) is 2.71. The highest BCUT2D eigenvalue weighted by atomic mass is 16.3. The zero-order valence-electron chi connectivity index (χ0n) is 16.3. The number of aromatic nitrogens is 4. The highest BCUT2D eigenvalue weighted by Crippen LogP contribution is 2.29. The second kappa shape index (κ2) is 7.38. The maximum absolute atomic E-state index is 13.1. The number of nitrogens with zero attached hydrogens (tertiary/aromatic N) is 4. The van der Waals surface area contributed by atoms with Crippen molar-refractivity contribution >= 4 is 27.9 Å². The topological polar surface area (TPSA) is 94.9 Å². The average Bonchev–Trinajstić information content (AvgIpc) is 3.21. The summed E-state index contributed by atoms with van der Waals surface area (Å²) in [7, 11) is 0. The van der Waals surface area contributed by atoms with Gasteiger partial charge in [0.1, 0.15) is 17.8 Å². The molecule has 0 aliphatic heterocycles. The van der Waals surface area contributed by atoms with Crippen LogP contribution in [0, 0.1) is 6.92 Å². The number of amides is 1. The molecular formula is C21H21N5O3. The van der Waals surface area contributed by atoms with Crippen molar-refractivity contribution in [1.82, 2.24) is 24.6 Å². The standard InChI is InChI=1S/C21H21N5O3/c1-4-9-25-17-10-13(2)29-20(17)15-11-23-26(21(28)19(15)25)12-18(27)24-14(3)16-7-5-6-8-22-16/h4-8,10-11,14H,1,9,12H2,2-3H3,(H,24,27). The van der Waals surface area contributed by atoms with Gasteiger partial charge in [-0.05, 0) is 26.0 Å². The third kappa shape index (κ3) is 3.33. The van der Waals surface area contributed by atoms with Gasteiger partial charge in [-0.2, -0.15) is 5.10 Å². The van der Waals surface area contributed by atoms with Gasteiger partial charge in [0.2, 0.25) is 5.91 Å². The van der Waals surface area contributed by atoms with Gasteiger partial charge in [-0.25, -0.2) is 4.68 Å². The van der Waals surface area contributed by atoms with Crippen molar-refractivity contribution in [1.29, 1.82) is 0 Å². The van der Waals surface area contributed by atoms with Gasteiger partial charge in [0.05, 0.1) is 28.8 Å². The molecule has 1 unspecified atom stereocenters. The molecule has 0 radical (unpaired) electrons. The Kier molecular flexibility index (Phi) is 4.75. The van der Waals surface area contributed by atoms with Crippen molar-refractivity contribution in [2.24, 2.45) is 0 Å². The van der Waals surface area contributed by atoms with E-state index in [-0.39, 0.29) is 24.1 Å². The quantitative estimate of drug-likeness (QED) is 0.510. The molecule has 4 aromatic rings. The van der Waals surface area contributed by atoms with Crippen LogP contribution in [0.4, 0.5) is 0 Å². The predicted molar refractivity (Wildman–Crippen MR) is 109 cm³/mol. The summed E-state index contributed by atoms with van der Waals surface area (Å²) in [4.78, 5) is 29.8. The highest BCUT2D eigenvalue weighted by molar-refractivity contribution is 6.04. The summed E-state index contributed by atoms with van der Waals surface area (Å²) in [5, 5.41) is 7.66. The van der Waals surface area contributed by atoms with Crippen molar-refractivity contribution in [3.8, 4) is 0 Å². The van der Waals surface area contributed by atoms with E-state index >= 15 is 0 Å². The molecule has 148 valence electrons. The van der Waals surface area contributed by atoms with Crippen LogP contribution in [-0.2, 0) is 17.9 Å². The first kappa shape index (κ1) is 18.7. The SMILES string of the molecule is C=CCn1c2cc(C)oc2c2cnn(CC(=O)NC(C)c3ccccn3)c(=O)c21. The van der Waals surface area contributed by atoms with Gasteiger partial charge in [-0.1, -0.05) is 12.1 Å². The van der Waals surface area contributed by atoms with Crippen molar-refractivity contribution in [3.63, 3.8) is 0 Å². The van der Waals surface area contributed by atoms with E-state index in [1.807, 2.05) is 42.7 Å². The lowest BCUT2D eigenvalue weighted by molar-refractivity contribution is -0.122. The van der Waals surface area contributed by atoms with Gasteiger partial charge < -0.3 is 14.3 Å². The van der Waals surface area contributed by atoms with Crippen LogP contribution in [0.2, 0.25) is 0 Å². The summed E-state index contributed by atoms with van der Waals surface area (Å²) in [6.45, 7) is 7.72. The molecule has 0 saturated heterocycles. The Bertz CT molecular complexity index is 1270. The normalized spacial score (nSPS) is 12.3. The molecule has 1 amide bonds. The Morgan fingerprint density at radius 3 is 2.97 bits per heavy atom. The molecule has 1 N–H and O–H groups in total. The van der Waals surface area contributed by atoms with Gasteiger partial charge >= 0.3 is 0 Å². The van der Waals surface area contributed by atoms with Crippen LogP contribution in [0.1, 0.15) is 24.4 Å². The van der Waals surface area contributed by atoms with E-state index in [4.69, 9.17) is 4.42 Å². The minimum atomic E-state index is -0.353. The van der Waals surface area contributed by atoms with Gasteiger partial charge in [-0.3, -0.25) is 14.6 Å². The van der Waals surface area contributed by atoms with E-state index in [0.29, 0.717) is 23.0 Å². The molecule has 4 heterocycles. The van der Waals surface area contributed by atoms with Crippen LogP contribution in [0.15, 0.2) is 58.5 Å². The summed E-state index contributed by atoms with van der Waals surface area (Å²) in [6.07, 6.45) is 4.95. The van der Waals surface area contributed by atoms with E-state index in [0.717, 1.165) is 21.7 Å². The van der Waals surface area contributed by atoms with Crippen molar-refractivity contribution < 1.29 is 9.21 Å². The van der Waals surface area contributed by atoms with Crippen LogP contribution in [0.5, 0.6) is 0 Å². The maximum atomic E-state index is 13.1. The van der Waals surface area contributed by atoms with Crippen LogP contribution < -0.4 is 10.9 Å². The number of carbonyl (C=O) groups is 1. The van der Waals surface area contributed by atoms with Crippen molar-refractivity contribution in [3.05, 3.63) is 71.1 Å². The van der Waals surface area contributed by atoms with E-state index in [1.165, 1.54) is 0 Å². The molecule has 29 heavy (non-hydrogen) atoms. The third-order valence-corrected chi connectivity index (χ3v) is 4.77. The molecule has 0 aliphatic rings. The lowest BCUT2D eigenvalue weighted by atomic mass is 10.2. The number of nitrogens with one attached hydrogen (secondary N) is 1. The first-order valence-corrected chi connectivity index (χ1v) is 9.29. The molecule has 0 saturated carbocycles. The molecule has 0 fully saturated rings. The van der Waals surface area contributed by atoms with E-state index in [1.54, 1.807) is 18.5 Å². The first-order chi connectivity index (χ1) is 14.0. The van der Waals surface area contributed by atoms with Gasteiger partial charge in [0.15, 0.2) is 5.58 Å². The smallest absolute Gasteiger partial charge is 0.291 e. The Morgan fingerprint density at radius 2 is 2.24 bits per heavy atom. The van der Waals surface area contributed by atoms with Crippen molar-refractivity contribution in [2.75, 3.05) is 0 Å². The van der Waals surface area contributed by atoms with E-state index < -0.39 is 0 Å². The fourth-order valence-corrected chi connectivity index (χ4v) is 3.48. The summed E-state index contributed by atoms with van der Waals surface area (Å²) in [5.74, 6) is 0.431. The monoisotopic (exact) mass is 391 g/mol. The Morgan fingerprint density at radius 1 is 1.41 bits per heavy atom. The number of carbonyl (C=O) groups excluding carboxylic acids is 1. The fraction of sp³-hybridized carbons (Fsp3) is 0.238. The Balaban J connectivity index is 1.67. The van der Waals surface area contributed by atoms with Crippen LogP contribution in [-0.4, -0.2) is 25.2 Å². The molecule has 0 bridgehead atoms. The molecule has 4 aromatic heterocycles. The lowest BCUT2D eigenvalue weighted by Crippen LogP contribution is -2.35. The summed E-state index contributed by atoms with van der Waals surface area (Å²) in [5.41, 5.74) is 2.26. The Labute approximate surface area is 166 Å². The number of furan rings is 1. The molecule has 8 heteroatoms. The maximum Gasteiger partial charge on any atom is 0.291 e. The minimum Gasteiger partial charge on any atom is -0.459 e.